The van der Waals surface area contributed by atoms with Crippen molar-refractivity contribution in [2.75, 3.05) is 40.4 Å². The van der Waals surface area contributed by atoms with Crippen LogP contribution in [-0.2, 0) is 20.9 Å². The van der Waals surface area contributed by atoms with Gasteiger partial charge in [0.1, 0.15) is 18.0 Å². The lowest BCUT2D eigenvalue weighted by molar-refractivity contribution is -0.188. The van der Waals surface area contributed by atoms with Crippen LogP contribution in [0.2, 0.25) is 0 Å². The van der Waals surface area contributed by atoms with Gasteiger partial charge in [-0.15, -0.1) is 0 Å². The largest absolute Gasteiger partial charge is 0.385 e. The van der Waals surface area contributed by atoms with E-state index >= 15 is 0 Å². The first-order valence-electron chi connectivity index (χ1n) is 11.3. The number of benzene rings is 1. The number of urea groups is 1. The van der Waals surface area contributed by atoms with Gasteiger partial charge in [-0.3, -0.25) is 9.59 Å². The summed E-state index contributed by atoms with van der Waals surface area (Å²) in [6.07, 6.45) is 0.592. The van der Waals surface area contributed by atoms with Crippen molar-refractivity contribution in [1.82, 2.24) is 25.1 Å². The van der Waals surface area contributed by atoms with Gasteiger partial charge in [-0.2, -0.15) is 0 Å². The van der Waals surface area contributed by atoms with E-state index in [2.05, 4.69) is 5.32 Å². The van der Waals surface area contributed by atoms with Crippen LogP contribution in [0.4, 0.5) is 9.18 Å². The van der Waals surface area contributed by atoms with Crippen molar-refractivity contribution in [3.63, 3.8) is 0 Å². The second kappa shape index (κ2) is 10.9. The molecule has 4 amide bonds. The highest BCUT2D eigenvalue weighted by atomic mass is 19.1. The van der Waals surface area contributed by atoms with Crippen molar-refractivity contribution in [1.29, 1.82) is 0 Å². The molecule has 2 atom stereocenters. The molecule has 0 bridgehead atoms. The van der Waals surface area contributed by atoms with Gasteiger partial charge in [-0.05, 0) is 36.5 Å². The number of piperazine rings is 1. The fourth-order valence-corrected chi connectivity index (χ4v) is 4.44. The van der Waals surface area contributed by atoms with Gasteiger partial charge in [0, 0.05) is 33.9 Å². The zero-order valence-electron chi connectivity index (χ0n) is 19.8. The van der Waals surface area contributed by atoms with Gasteiger partial charge in [0.2, 0.25) is 11.8 Å². The Morgan fingerprint density at radius 1 is 1.24 bits per heavy atom. The first kappa shape index (κ1) is 24.9. The van der Waals surface area contributed by atoms with Crippen LogP contribution in [0, 0.1) is 11.7 Å². The standard InChI is InChI=1S/C23H34FN5O4/c1-16(2)12-19-22(31)27(10-5-11-33-4)14-20-28(19)21(30)15-26(3)29(20)23(32)25-13-17-6-8-18(24)9-7-17/h6-9,16,19-20H,5,10-15H2,1-4H3,(H,25,32)/t19-,20-/m0/s1. The molecule has 33 heavy (non-hydrogen) atoms. The third kappa shape index (κ3) is 5.80. The smallest absolute Gasteiger partial charge is 0.334 e. The number of nitrogens with zero attached hydrogens (tertiary/aromatic N) is 4. The summed E-state index contributed by atoms with van der Waals surface area (Å²) in [5, 5.41) is 5.98. The fraction of sp³-hybridized carbons (Fsp3) is 0.609. The van der Waals surface area contributed by atoms with E-state index in [1.54, 1.807) is 41.1 Å². The summed E-state index contributed by atoms with van der Waals surface area (Å²) in [5.41, 5.74) is 0.759. The lowest BCUT2D eigenvalue weighted by Gasteiger charge is -2.54. The normalized spacial score (nSPS) is 21.6. The van der Waals surface area contributed by atoms with E-state index in [9.17, 15) is 18.8 Å². The molecule has 0 spiro atoms. The minimum absolute atomic E-state index is 0.00597. The number of carbonyl (C=O) groups excluding carboxylic acids is 3. The van der Waals surface area contributed by atoms with Gasteiger partial charge in [0.05, 0.1) is 13.1 Å². The van der Waals surface area contributed by atoms with Crippen LogP contribution >= 0.6 is 0 Å². The number of methoxy groups -OCH3 is 1. The predicted octanol–water partition coefficient (Wildman–Crippen LogP) is 1.65. The number of rotatable bonds is 8. The minimum atomic E-state index is -0.611. The Labute approximate surface area is 194 Å². The summed E-state index contributed by atoms with van der Waals surface area (Å²) in [7, 11) is 3.30. The minimum Gasteiger partial charge on any atom is -0.385 e. The summed E-state index contributed by atoms with van der Waals surface area (Å²) in [6, 6.07) is 4.92. The molecule has 0 unspecified atom stereocenters. The molecule has 0 radical (unpaired) electrons. The summed E-state index contributed by atoms with van der Waals surface area (Å²) >= 11 is 0. The molecule has 9 nitrogen and oxygen atoms in total. The van der Waals surface area contributed by atoms with Crippen LogP contribution in [0.5, 0.6) is 0 Å². The highest BCUT2D eigenvalue weighted by Gasteiger charge is 2.50. The monoisotopic (exact) mass is 463 g/mol. The average molecular weight is 464 g/mol. The molecule has 1 N–H and O–H groups in total. The zero-order chi connectivity index (χ0) is 24.1. The number of nitrogens with one attached hydrogen (secondary N) is 1. The van der Waals surface area contributed by atoms with Crippen LogP contribution in [0.3, 0.4) is 0 Å². The van der Waals surface area contributed by atoms with Crippen molar-refractivity contribution in [3.8, 4) is 0 Å². The van der Waals surface area contributed by atoms with E-state index < -0.39 is 12.2 Å². The van der Waals surface area contributed by atoms with Crippen LogP contribution in [0.15, 0.2) is 24.3 Å². The molecule has 0 aliphatic carbocycles. The quantitative estimate of drug-likeness (QED) is 0.593. The third-order valence-electron chi connectivity index (χ3n) is 5.98. The molecule has 2 aliphatic rings. The summed E-state index contributed by atoms with van der Waals surface area (Å²) < 4.78 is 18.3. The second-order valence-corrected chi connectivity index (χ2v) is 9.00. The maximum atomic E-state index is 13.3. The number of carbonyl (C=O) groups is 3. The SMILES string of the molecule is COCCCN1C[C@H]2N(C(=O)CN(C)N2C(=O)NCc2ccc(F)cc2)[C@@H](CC(C)C)C1=O. The van der Waals surface area contributed by atoms with E-state index in [0.717, 1.165) is 5.56 Å². The number of halogens is 1. The predicted molar refractivity (Wildman–Crippen MR) is 120 cm³/mol. The lowest BCUT2D eigenvalue weighted by Crippen LogP contribution is -2.76. The fourth-order valence-electron chi connectivity index (χ4n) is 4.44. The average Bonchev–Trinajstić information content (AvgIpc) is 2.75. The van der Waals surface area contributed by atoms with Crippen molar-refractivity contribution in [2.45, 2.75) is 45.4 Å². The molecule has 2 aliphatic heterocycles. The number of hydrazine groups is 1. The molecule has 2 heterocycles. The van der Waals surface area contributed by atoms with Gasteiger partial charge in [0.15, 0.2) is 0 Å². The molecule has 0 saturated carbocycles. The van der Waals surface area contributed by atoms with E-state index in [4.69, 9.17) is 4.74 Å². The molecule has 1 aromatic rings. The maximum Gasteiger partial charge on any atom is 0.334 e. The lowest BCUT2D eigenvalue weighted by atomic mass is 9.97. The Balaban J connectivity index is 1.82. The molecule has 0 aromatic heterocycles. The molecular formula is C23H34FN5O4. The first-order chi connectivity index (χ1) is 15.7. The molecule has 2 fully saturated rings. The Morgan fingerprint density at radius 2 is 1.94 bits per heavy atom. The van der Waals surface area contributed by atoms with E-state index in [0.29, 0.717) is 26.0 Å². The van der Waals surface area contributed by atoms with Crippen LogP contribution in [0.25, 0.3) is 0 Å². The Kier molecular flexibility index (Phi) is 8.25. The van der Waals surface area contributed by atoms with Crippen molar-refractivity contribution >= 4 is 17.8 Å². The molecule has 2 saturated heterocycles. The second-order valence-electron chi connectivity index (χ2n) is 9.00. The molecular weight excluding hydrogens is 429 g/mol. The van der Waals surface area contributed by atoms with E-state index in [-0.39, 0.29) is 49.2 Å². The highest BCUT2D eigenvalue weighted by molar-refractivity contribution is 5.91. The van der Waals surface area contributed by atoms with Gasteiger partial charge in [-0.1, -0.05) is 26.0 Å². The zero-order valence-corrected chi connectivity index (χ0v) is 19.8. The number of ether oxygens (including phenoxy) is 1. The number of fused-ring (bicyclic) bond motifs is 1. The molecule has 10 heteroatoms. The van der Waals surface area contributed by atoms with Crippen molar-refractivity contribution < 1.29 is 23.5 Å². The molecule has 1 aromatic carbocycles. The third-order valence-corrected chi connectivity index (χ3v) is 5.98. The Morgan fingerprint density at radius 3 is 2.58 bits per heavy atom. The Hall–Kier alpha value is -2.72. The Bertz CT molecular complexity index is 850. The van der Waals surface area contributed by atoms with Gasteiger partial charge < -0.3 is 19.9 Å². The first-order valence-corrected chi connectivity index (χ1v) is 11.3. The van der Waals surface area contributed by atoms with E-state index in [1.165, 1.54) is 17.1 Å². The van der Waals surface area contributed by atoms with E-state index in [1.807, 2.05) is 13.8 Å². The van der Waals surface area contributed by atoms with Crippen LogP contribution in [-0.4, -0.2) is 90.3 Å². The van der Waals surface area contributed by atoms with Gasteiger partial charge in [0.25, 0.3) is 0 Å². The highest BCUT2D eigenvalue weighted by Crippen LogP contribution is 2.29. The van der Waals surface area contributed by atoms with Crippen molar-refractivity contribution in [3.05, 3.63) is 35.6 Å². The topological polar surface area (TPSA) is 85.4 Å². The number of amides is 4. The summed E-state index contributed by atoms with van der Waals surface area (Å²) in [5.74, 6) is -0.389. The van der Waals surface area contributed by atoms with Gasteiger partial charge in [-0.25, -0.2) is 19.2 Å². The maximum absolute atomic E-state index is 13.3. The molecule has 182 valence electrons. The molecule has 3 rings (SSSR count). The van der Waals surface area contributed by atoms with Crippen molar-refractivity contribution in [2.24, 2.45) is 5.92 Å². The summed E-state index contributed by atoms with van der Waals surface area (Å²) in [4.78, 5) is 42.9. The van der Waals surface area contributed by atoms with Gasteiger partial charge >= 0.3 is 6.03 Å². The van der Waals surface area contributed by atoms with Crippen LogP contribution < -0.4 is 5.32 Å². The number of hydrogen-bond acceptors (Lipinski definition) is 5. The van der Waals surface area contributed by atoms with Crippen LogP contribution in [0.1, 0.15) is 32.3 Å². The number of hydrogen-bond donors (Lipinski definition) is 1. The summed E-state index contributed by atoms with van der Waals surface area (Å²) in [6.45, 7) is 5.50. The number of likely N-dealkylation sites (N-methyl/N-ethyl adjacent to an activating group) is 1.